The van der Waals surface area contributed by atoms with Crippen LogP contribution in [0.2, 0.25) is 0 Å². The minimum absolute atomic E-state index is 0.201. The molecule has 1 aromatic heterocycles. The molecule has 0 aliphatic carbocycles. The van der Waals surface area contributed by atoms with Gasteiger partial charge in [-0.25, -0.2) is 4.98 Å². The minimum atomic E-state index is -4.35. The number of ether oxygens (including phenoxy) is 1. The van der Waals surface area contributed by atoms with Crippen molar-refractivity contribution in [2.75, 3.05) is 12.4 Å². The van der Waals surface area contributed by atoms with E-state index in [0.717, 1.165) is 11.6 Å². The van der Waals surface area contributed by atoms with Gasteiger partial charge in [-0.1, -0.05) is 12.1 Å². The fraction of sp³-hybridized carbons (Fsp3) is 0.267. The molecule has 2 aromatic rings. The normalized spacial score (nSPS) is 11.3. The van der Waals surface area contributed by atoms with Crippen molar-refractivity contribution in [1.29, 1.82) is 0 Å². The number of aryl methyl sites for hydroxylation is 1. The van der Waals surface area contributed by atoms with Crippen LogP contribution in [0.4, 0.5) is 18.9 Å². The zero-order valence-corrected chi connectivity index (χ0v) is 11.7. The lowest BCUT2D eigenvalue weighted by Gasteiger charge is -2.14. The first-order valence-electron chi connectivity index (χ1n) is 6.31. The first-order valence-corrected chi connectivity index (χ1v) is 6.31. The van der Waals surface area contributed by atoms with Crippen LogP contribution < -0.4 is 10.1 Å². The summed E-state index contributed by atoms with van der Waals surface area (Å²) in [4.78, 5) is 4.04. The number of methoxy groups -OCH3 is 1. The first-order chi connectivity index (χ1) is 9.91. The molecule has 0 saturated heterocycles. The molecule has 0 saturated carbocycles. The number of anilines is 1. The average Bonchev–Trinajstić information content (AvgIpc) is 2.45. The predicted octanol–water partition coefficient (Wildman–Crippen LogP) is 4.03. The number of alkyl halides is 3. The van der Waals surface area contributed by atoms with Crippen LogP contribution in [-0.4, -0.2) is 12.1 Å². The van der Waals surface area contributed by atoms with Gasteiger partial charge in [-0.2, -0.15) is 13.2 Å². The molecule has 0 aliphatic rings. The van der Waals surface area contributed by atoms with Crippen LogP contribution in [0.25, 0.3) is 0 Å². The van der Waals surface area contributed by atoms with Gasteiger partial charge in [0.1, 0.15) is 0 Å². The van der Waals surface area contributed by atoms with E-state index in [0.29, 0.717) is 18.1 Å². The minimum Gasteiger partial charge on any atom is -0.481 e. The Balaban J connectivity index is 2.17. The molecule has 0 spiro atoms. The van der Waals surface area contributed by atoms with E-state index in [1.807, 2.05) is 0 Å². The molecule has 0 aliphatic heterocycles. The van der Waals surface area contributed by atoms with E-state index in [9.17, 15) is 13.2 Å². The lowest BCUT2D eigenvalue weighted by molar-refractivity contribution is -0.138. The molecule has 1 N–H and O–H groups in total. The molecule has 0 atom stereocenters. The monoisotopic (exact) mass is 296 g/mol. The number of rotatable bonds is 4. The Morgan fingerprint density at radius 3 is 2.67 bits per heavy atom. The van der Waals surface area contributed by atoms with Crippen LogP contribution in [0.5, 0.6) is 5.88 Å². The van der Waals surface area contributed by atoms with Gasteiger partial charge in [0.25, 0.3) is 0 Å². The molecule has 1 aromatic carbocycles. The Labute approximate surface area is 120 Å². The van der Waals surface area contributed by atoms with Crippen LogP contribution in [0.1, 0.15) is 16.7 Å². The summed E-state index contributed by atoms with van der Waals surface area (Å²) in [6.45, 7) is 1.77. The molecule has 0 amide bonds. The summed E-state index contributed by atoms with van der Waals surface area (Å²) >= 11 is 0. The largest absolute Gasteiger partial charge is 0.481 e. The van der Waals surface area contributed by atoms with Crippen LogP contribution in [0.3, 0.4) is 0 Å². The first kappa shape index (κ1) is 15.2. The Hall–Kier alpha value is -2.24. The number of aromatic nitrogens is 1. The lowest BCUT2D eigenvalue weighted by atomic mass is 10.1. The third-order valence-corrected chi connectivity index (χ3v) is 3.07. The summed E-state index contributed by atoms with van der Waals surface area (Å²) in [5, 5.41) is 2.96. The SMILES string of the molecule is COc1ncccc1CNc1ccc(C)c(C(F)(F)F)c1. The summed E-state index contributed by atoms with van der Waals surface area (Å²) in [5.74, 6) is 0.452. The zero-order chi connectivity index (χ0) is 15.5. The number of benzene rings is 1. The standard InChI is InChI=1S/C15H15F3N2O/c1-10-5-6-12(8-13(10)15(16,17)18)20-9-11-4-3-7-19-14(11)21-2/h3-8,20H,9H2,1-2H3. The van der Waals surface area contributed by atoms with Gasteiger partial charge in [-0.15, -0.1) is 0 Å². The van der Waals surface area contributed by atoms with E-state index < -0.39 is 11.7 Å². The third-order valence-electron chi connectivity index (χ3n) is 3.07. The molecule has 112 valence electrons. The molecular formula is C15H15F3N2O. The van der Waals surface area contributed by atoms with Crippen molar-refractivity contribution in [3.8, 4) is 5.88 Å². The van der Waals surface area contributed by atoms with Gasteiger partial charge in [-0.05, 0) is 30.7 Å². The van der Waals surface area contributed by atoms with Gasteiger partial charge in [-0.3, -0.25) is 0 Å². The van der Waals surface area contributed by atoms with Crippen molar-refractivity contribution >= 4 is 5.69 Å². The van der Waals surface area contributed by atoms with Crippen LogP contribution >= 0.6 is 0 Å². The summed E-state index contributed by atoms with van der Waals surface area (Å²) in [6, 6.07) is 7.73. The van der Waals surface area contributed by atoms with E-state index in [2.05, 4.69) is 10.3 Å². The maximum absolute atomic E-state index is 12.9. The van der Waals surface area contributed by atoms with Crippen LogP contribution in [-0.2, 0) is 12.7 Å². The third kappa shape index (κ3) is 3.65. The van der Waals surface area contributed by atoms with Crippen molar-refractivity contribution in [3.05, 3.63) is 53.2 Å². The van der Waals surface area contributed by atoms with Gasteiger partial charge >= 0.3 is 6.18 Å². The Kier molecular flexibility index (Phi) is 4.35. The fourth-order valence-electron chi connectivity index (χ4n) is 1.98. The lowest BCUT2D eigenvalue weighted by Crippen LogP contribution is -2.09. The summed E-state index contributed by atoms with van der Waals surface area (Å²) in [7, 11) is 1.50. The van der Waals surface area contributed by atoms with Gasteiger partial charge in [0.2, 0.25) is 5.88 Å². The van der Waals surface area contributed by atoms with E-state index >= 15 is 0 Å². The second-order valence-corrected chi connectivity index (χ2v) is 4.55. The highest BCUT2D eigenvalue weighted by molar-refractivity contribution is 5.50. The highest BCUT2D eigenvalue weighted by Gasteiger charge is 2.32. The molecule has 1 heterocycles. The Morgan fingerprint density at radius 1 is 1.24 bits per heavy atom. The predicted molar refractivity (Wildman–Crippen MR) is 74.3 cm³/mol. The fourth-order valence-corrected chi connectivity index (χ4v) is 1.98. The maximum Gasteiger partial charge on any atom is 0.416 e. The molecule has 3 nitrogen and oxygen atoms in total. The van der Waals surface area contributed by atoms with E-state index in [-0.39, 0.29) is 5.56 Å². The molecule has 0 bridgehead atoms. The van der Waals surface area contributed by atoms with Crippen molar-refractivity contribution in [2.24, 2.45) is 0 Å². The van der Waals surface area contributed by atoms with E-state index in [4.69, 9.17) is 4.74 Å². The number of hydrogen-bond donors (Lipinski definition) is 1. The highest BCUT2D eigenvalue weighted by Crippen LogP contribution is 2.33. The molecular weight excluding hydrogens is 281 g/mol. The second kappa shape index (κ2) is 6.03. The average molecular weight is 296 g/mol. The second-order valence-electron chi connectivity index (χ2n) is 4.55. The smallest absolute Gasteiger partial charge is 0.416 e. The van der Waals surface area contributed by atoms with Crippen LogP contribution in [0.15, 0.2) is 36.5 Å². The number of hydrogen-bond acceptors (Lipinski definition) is 3. The van der Waals surface area contributed by atoms with Crippen molar-refractivity contribution in [2.45, 2.75) is 19.6 Å². The van der Waals surface area contributed by atoms with Gasteiger partial charge < -0.3 is 10.1 Å². The maximum atomic E-state index is 12.9. The summed E-state index contributed by atoms with van der Waals surface area (Å²) in [6.07, 6.45) is -2.76. The zero-order valence-electron chi connectivity index (χ0n) is 11.7. The van der Waals surface area contributed by atoms with Crippen molar-refractivity contribution < 1.29 is 17.9 Å². The summed E-state index contributed by atoms with van der Waals surface area (Å²) < 4.78 is 43.7. The Bertz CT molecular complexity index is 627. The van der Waals surface area contributed by atoms with Crippen molar-refractivity contribution in [3.63, 3.8) is 0 Å². The molecule has 2 rings (SSSR count). The van der Waals surface area contributed by atoms with E-state index in [1.165, 1.54) is 20.1 Å². The molecule has 0 fully saturated rings. The molecule has 0 unspecified atom stereocenters. The highest BCUT2D eigenvalue weighted by atomic mass is 19.4. The number of halogens is 3. The van der Waals surface area contributed by atoms with E-state index in [1.54, 1.807) is 24.4 Å². The quantitative estimate of drug-likeness (QED) is 0.925. The molecule has 0 radical (unpaired) electrons. The molecule has 6 heteroatoms. The number of nitrogens with one attached hydrogen (secondary N) is 1. The number of pyridine rings is 1. The van der Waals surface area contributed by atoms with Crippen LogP contribution in [0, 0.1) is 6.92 Å². The Morgan fingerprint density at radius 2 is 2.00 bits per heavy atom. The topological polar surface area (TPSA) is 34.1 Å². The molecule has 21 heavy (non-hydrogen) atoms. The van der Waals surface area contributed by atoms with Crippen molar-refractivity contribution in [1.82, 2.24) is 4.98 Å². The van der Waals surface area contributed by atoms with Gasteiger partial charge in [0.05, 0.1) is 12.7 Å². The number of nitrogens with zero attached hydrogens (tertiary/aromatic N) is 1. The van der Waals surface area contributed by atoms with Gasteiger partial charge in [0, 0.05) is 24.0 Å². The summed E-state index contributed by atoms with van der Waals surface area (Å²) in [5.41, 5.74) is 0.741. The van der Waals surface area contributed by atoms with Gasteiger partial charge in [0.15, 0.2) is 0 Å².